The SMILES string of the molecule is O=P(OC[C@@H]1OC[C@@H](O)[C@H]1O)(Oc1ccccc1)Oc1ccccc1. The van der Waals surface area contributed by atoms with Crippen LogP contribution in [0.2, 0.25) is 0 Å². The summed E-state index contributed by atoms with van der Waals surface area (Å²) in [4.78, 5) is 0. The van der Waals surface area contributed by atoms with Crippen LogP contribution in [0.5, 0.6) is 11.5 Å². The van der Waals surface area contributed by atoms with Crippen LogP contribution in [-0.2, 0) is 13.8 Å². The van der Waals surface area contributed by atoms with Gasteiger partial charge in [0.25, 0.3) is 0 Å². The number of phosphoric acid groups is 1. The molecular weight excluding hydrogens is 347 g/mol. The van der Waals surface area contributed by atoms with Crippen molar-refractivity contribution in [2.75, 3.05) is 13.2 Å². The largest absolute Gasteiger partial charge is 0.587 e. The van der Waals surface area contributed by atoms with Crippen molar-refractivity contribution in [3.8, 4) is 11.5 Å². The van der Waals surface area contributed by atoms with Crippen LogP contribution < -0.4 is 9.05 Å². The van der Waals surface area contributed by atoms with Gasteiger partial charge in [0.1, 0.15) is 29.8 Å². The molecule has 134 valence electrons. The molecule has 1 aliphatic rings. The molecule has 2 N–H and O–H groups in total. The van der Waals surface area contributed by atoms with Crippen LogP contribution in [0, 0.1) is 0 Å². The lowest BCUT2D eigenvalue weighted by Gasteiger charge is -2.21. The smallest absolute Gasteiger partial charge is 0.395 e. The van der Waals surface area contributed by atoms with E-state index in [1.165, 1.54) is 0 Å². The Morgan fingerprint density at radius 3 is 1.92 bits per heavy atom. The van der Waals surface area contributed by atoms with Crippen molar-refractivity contribution in [3.05, 3.63) is 60.7 Å². The number of aliphatic hydroxyl groups is 2. The summed E-state index contributed by atoms with van der Waals surface area (Å²) in [6, 6.07) is 17.0. The average molecular weight is 366 g/mol. The van der Waals surface area contributed by atoms with Crippen LogP contribution in [0.25, 0.3) is 0 Å². The first kappa shape index (κ1) is 17.9. The minimum absolute atomic E-state index is 0.0153. The van der Waals surface area contributed by atoms with Crippen molar-refractivity contribution in [1.29, 1.82) is 0 Å². The molecule has 8 heteroatoms. The Balaban J connectivity index is 1.73. The van der Waals surface area contributed by atoms with E-state index < -0.39 is 26.1 Å². The molecule has 25 heavy (non-hydrogen) atoms. The fourth-order valence-electron chi connectivity index (χ4n) is 2.27. The Morgan fingerprint density at radius 1 is 0.960 bits per heavy atom. The molecule has 1 aliphatic heterocycles. The third-order valence-corrected chi connectivity index (χ3v) is 4.91. The highest BCUT2D eigenvalue weighted by molar-refractivity contribution is 7.49. The van der Waals surface area contributed by atoms with E-state index in [2.05, 4.69) is 0 Å². The van der Waals surface area contributed by atoms with Crippen LogP contribution in [0.15, 0.2) is 60.7 Å². The number of aliphatic hydroxyl groups excluding tert-OH is 2. The molecule has 1 heterocycles. The van der Waals surface area contributed by atoms with Gasteiger partial charge in [-0.2, -0.15) is 0 Å². The van der Waals surface area contributed by atoms with Crippen LogP contribution in [0.1, 0.15) is 0 Å². The van der Waals surface area contributed by atoms with Gasteiger partial charge in [-0.3, -0.25) is 4.52 Å². The second-order valence-electron chi connectivity index (χ2n) is 5.48. The highest BCUT2D eigenvalue weighted by Gasteiger charge is 2.39. The third-order valence-electron chi connectivity index (χ3n) is 3.57. The van der Waals surface area contributed by atoms with Crippen molar-refractivity contribution < 1.29 is 33.1 Å². The zero-order chi connectivity index (χ0) is 17.7. The minimum Gasteiger partial charge on any atom is -0.395 e. The van der Waals surface area contributed by atoms with Gasteiger partial charge in [0.15, 0.2) is 0 Å². The first-order valence-corrected chi connectivity index (χ1v) is 9.23. The van der Waals surface area contributed by atoms with Crippen molar-refractivity contribution in [2.45, 2.75) is 18.3 Å². The summed E-state index contributed by atoms with van der Waals surface area (Å²) in [5.74, 6) is 0.629. The molecule has 0 spiro atoms. The maximum absolute atomic E-state index is 13.0. The molecule has 0 unspecified atom stereocenters. The predicted octanol–water partition coefficient (Wildman–Crippen LogP) is 2.39. The topological polar surface area (TPSA) is 94.5 Å². The fraction of sp³-hybridized carbons (Fsp3) is 0.294. The second kappa shape index (κ2) is 7.99. The van der Waals surface area contributed by atoms with Gasteiger partial charge in [-0.1, -0.05) is 36.4 Å². The van der Waals surface area contributed by atoms with Crippen LogP contribution in [-0.4, -0.2) is 41.7 Å². The molecule has 0 saturated carbocycles. The van der Waals surface area contributed by atoms with E-state index in [1.807, 2.05) is 0 Å². The summed E-state index contributed by atoms with van der Waals surface area (Å²) in [5.41, 5.74) is 0. The standard InChI is InChI=1S/C17H19O7P/c18-15-11-21-16(17(15)19)12-22-25(20,23-13-7-3-1-4-8-13)24-14-9-5-2-6-10-14/h1-10,15-19H,11-12H2/t15-,16+,17-/m1/s1. The van der Waals surface area contributed by atoms with Gasteiger partial charge in [0.05, 0.1) is 13.2 Å². The summed E-state index contributed by atoms with van der Waals surface area (Å²) in [6.45, 7) is -0.270. The van der Waals surface area contributed by atoms with Gasteiger partial charge >= 0.3 is 7.82 Å². The molecule has 3 rings (SSSR count). The lowest BCUT2D eigenvalue weighted by molar-refractivity contribution is -0.00487. The molecule has 1 fully saturated rings. The summed E-state index contributed by atoms with van der Waals surface area (Å²) in [7, 11) is -4.03. The van der Waals surface area contributed by atoms with Crippen LogP contribution in [0.4, 0.5) is 0 Å². The number of hydrogen-bond donors (Lipinski definition) is 2. The van der Waals surface area contributed by atoms with Gasteiger partial charge in [-0.05, 0) is 24.3 Å². The quantitative estimate of drug-likeness (QED) is 0.727. The maximum Gasteiger partial charge on any atom is 0.587 e. The highest BCUT2D eigenvalue weighted by atomic mass is 31.2. The normalized spacial score (nSPS) is 23.4. The summed E-state index contributed by atoms with van der Waals surface area (Å²) in [6.07, 6.45) is -2.94. The molecule has 3 atom stereocenters. The van der Waals surface area contributed by atoms with Crippen molar-refractivity contribution >= 4 is 7.82 Å². The van der Waals surface area contributed by atoms with Gasteiger partial charge < -0.3 is 24.0 Å². The number of phosphoric ester groups is 1. The highest BCUT2D eigenvalue weighted by Crippen LogP contribution is 2.49. The molecule has 7 nitrogen and oxygen atoms in total. The molecule has 2 aromatic rings. The minimum atomic E-state index is -4.03. The van der Waals surface area contributed by atoms with E-state index in [0.29, 0.717) is 11.5 Å². The van der Waals surface area contributed by atoms with Crippen molar-refractivity contribution in [2.24, 2.45) is 0 Å². The van der Waals surface area contributed by atoms with E-state index in [9.17, 15) is 14.8 Å². The molecule has 0 aliphatic carbocycles. The fourth-order valence-corrected chi connectivity index (χ4v) is 3.50. The van der Waals surface area contributed by atoms with Crippen molar-refractivity contribution in [1.82, 2.24) is 0 Å². The van der Waals surface area contributed by atoms with E-state index in [-0.39, 0.29) is 13.2 Å². The molecule has 0 amide bonds. The Kier molecular flexibility index (Phi) is 5.73. The van der Waals surface area contributed by atoms with Crippen molar-refractivity contribution in [3.63, 3.8) is 0 Å². The molecular formula is C17H19O7P. The molecule has 0 bridgehead atoms. The number of benzene rings is 2. The van der Waals surface area contributed by atoms with E-state index in [4.69, 9.17) is 18.3 Å². The van der Waals surface area contributed by atoms with Gasteiger partial charge in [-0.15, -0.1) is 0 Å². The van der Waals surface area contributed by atoms with E-state index in [0.717, 1.165) is 0 Å². The van der Waals surface area contributed by atoms with Gasteiger partial charge in [-0.25, -0.2) is 4.57 Å². The predicted molar refractivity (Wildman–Crippen MR) is 89.5 cm³/mol. The Bertz CT molecular complexity index is 664. The van der Waals surface area contributed by atoms with Crippen LogP contribution in [0.3, 0.4) is 0 Å². The van der Waals surface area contributed by atoms with E-state index in [1.54, 1.807) is 60.7 Å². The Morgan fingerprint density at radius 2 is 1.48 bits per heavy atom. The molecule has 2 aromatic carbocycles. The number of hydrogen-bond acceptors (Lipinski definition) is 7. The lowest BCUT2D eigenvalue weighted by Crippen LogP contribution is -2.33. The lowest BCUT2D eigenvalue weighted by atomic mass is 10.2. The number of ether oxygens (including phenoxy) is 1. The molecule has 0 radical (unpaired) electrons. The first-order valence-electron chi connectivity index (χ1n) is 7.77. The Hall–Kier alpha value is -1.89. The summed E-state index contributed by atoms with van der Waals surface area (Å²) in [5, 5.41) is 19.3. The van der Waals surface area contributed by atoms with Gasteiger partial charge in [0, 0.05) is 0 Å². The summed E-state index contributed by atoms with van der Waals surface area (Å²) < 4.78 is 34.5. The molecule has 0 aromatic heterocycles. The maximum atomic E-state index is 13.0. The zero-order valence-corrected chi connectivity index (χ0v) is 14.2. The average Bonchev–Trinajstić information content (AvgIpc) is 2.94. The second-order valence-corrected chi connectivity index (χ2v) is 7.00. The van der Waals surface area contributed by atoms with E-state index >= 15 is 0 Å². The van der Waals surface area contributed by atoms with Gasteiger partial charge in [0.2, 0.25) is 0 Å². The zero-order valence-electron chi connectivity index (χ0n) is 13.3. The van der Waals surface area contributed by atoms with Crippen LogP contribution >= 0.6 is 7.82 Å². The summed E-state index contributed by atoms with van der Waals surface area (Å²) >= 11 is 0. The number of para-hydroxylation sites is 2. The third kappa shape index (κ3) is 4.81. The Labute approximate surface area is 145 Å². The monoisotopic (exact) mass is 366 g/mol. The first-order chi connectivity index (χ1) is 12.1. The molecule has 1 saturated heterocycles. The number of rotatable bonds is 7.